The molecule has 0 amide bonds. The summed E-state index contributed by atoms with van der Waals surface area (Å²) in [4.78, 5) is 0. The summed E-state index contributed by atoms with van der Waals surface area (Å²) in [5, 5.41) is 9.31. The zero-order chi connectivity index (χ0) is 9.97. The highest BCUT2D eigenvalue weighted by Gasteiger charge is 2.02. The van der Waals surface area contributed by atoms with Gasteiger partial charge < -0.3 is 5.32 Å². The highest BCUT2D eigenvalue weighted by molar-refractivity contribution is 14.1. The summed E-state index contributed by atoms with van der Waals surface area (Å²) in [6.07, 6.45) is 3.26. The van der Waals surface area contributed by atoms with Crippen molar-refractivity contribution in [1.29, 1.82) is 0 Å². The van der Waals surface area contributed by atoms with Gasteiger partial charge in [-0.05, 0) is 40.8 Å². The van der Waals surface area contributed by atoms with Gasteiger partial charge in [0, 0.05) is 9.77 Å². The molecule has 72 valence electrons. The number of anilines is 2. The molecule has 2 N–H and O–H groups in total. The van der Waals surface area contributed by atoms with E-state index in [1.807, 2.05) is 6.07 Å². The van der Waals surface area contributed by atoms with Crippen LogP contribution in [0.5, 0.6) is 0 Å². The van der Waals surface area contributed by atoms with Crippen LogP contribution in [0.2, 0.25) is 0 Å². The molecule has 0 aliphatic carbocycles. The second kappa shape index (κ2) is 3.95. The van der Waals surface area contributed by atoms with Crippen LogP contribution >= 0.6 is 22.6 Å². The largest absolute Gasteiger partial charge is 0.351 e. The van der Waals surface area contributed by atoms with E-state index in [9.17, 15) is 4.39 Å². The summed E-state index contributed by atoms with van der Waals surface area (Å²) in [5.41, 5.74) is 1.19. The van der Waals surface area contributed by atoms with E-state index in [1.54, 1.807) is 18.5 Å². The van der Waals surface area contributed by atoms with E-state index in [-0.39, 0.29) is 5.82 Å². The Hall–Kier alpha value is -1.11. The monoisotopic (exact) mass is 303 g/mol. The molecule has 0 saturated carbocycles. The molecule has 0 saturated heterocycles. The number of rotatable bonds is 2. The Labute approximate surface area is 93.9 Å². The predicted octanol–water partition coefficient (Wildman–Crippen LogP) is 2.90. The molecule has 0 spiro atoms. The molecule has 14 heavy (non-hydrogen) atoms. The second-order valence-electron chi connectivity index (χ2n) is 2.74. The summed E-state index contributed by atoms with van der Waals surface area (Å²) in [7, 11) is 0. The van der Waals surface area contributed by atoms with Crippen LogP contribution in [-0.4, -0.2) is 10.2 Å². The molecule has 0 radical (unpaired) electrons. The first-order valence-corrected chi connectivity index (χ1v) is 5.04. The number of benzene rings is 1. The van der Waals surface area contributed by atoms with Gasteiger partial charge in [0.2, 0.25) is 0 Å². The third-order valence-corrected chi connectivity index (χ3v) is 2.38. The molecule has 0 aliphatic heterocycles. The van der Waals surface area contributed by atoms with Gasteiger partial charge in [0.25, 0.3) is 0 Å². The van der Waals surface area contributed by atoms with Crippen molar-refractivity contribution in [3.63, 3.8) is 0 Å². The van der Waals surface area contributed by atoms with Gasteiger partial charge in [-0.2, -0.15) is 5.10 Å². The first-order chi connectivity index (χ1) is 6.75. The lowest BCUT2D eigenvalue weighted by Crippen LogP contribution is -1.92. The summed E-state index contributed by atoms with van der Waals surface area (Å²) >= 11 is 2.07. The number of H-pyrrole nitrogens is 1. The molecule has 2 rings (SSSR count). The van der Waals surface area contributed by atoms with Crippen LogP contribution < -0.4 is 5.32 Å². The number of aromatic amines is 1. The molecule has 5 heteroatoms. The van der Waals surface area contributed by atoms with Gasteiger partial charge in [0.15, 0.2) is 0 Å². The Balaban J connectivity index is 2.25. The Kier molecular flexibility index (Phi) is 2.67. The quantitative estimate of drug-likeness (QED) is 0.838. The minimum atomic E-state index is -0.266. The average Bonchev–Trinajstić information content (AvgIpc) is 2.62. The maximum atomic E-state index is 13.3. The number of nitrogens with zero attached hydrogens (tertiary/aromatic N) is 1. The molecule has 1 aromatic heterocycles. The van der Waals surface area contributed by atoms with E-state index in [0.29, 0.717) is 5.69 Å². The van der Waals surface area contributed by atoms with Crippen molar-refractivity contribution in [3.05, 3.63) is 40.0 Å². The number of nitrogens with one attached hydrogen (secondary N) is 2. The molecule has 1 heterocycles. The van der Waals surface area contributed by atoms with Crippen LogP contribution in [0.4, 0.5) is 15.8 Å². The lowest BCUT2D eigenvalue weighted by Gasteiger charge is -2.04. The van der Waals surface area contributed by atoms with Crippen LogP contribution in [0.1, 0.15) is 0 Å². The van der Waals surface area contributed by atoms with Crippen molar-refractivity contribution in [2.45, 2.75) is 0 Å². The normalized spacial score (nSPS) is 10.1. The maximum Gasteiger partial charge on any atom is 0.147 e. The van der Waals surface area contributed by atoms with E-state index >= 15 is 0 Å². The molecular formula is C9H7FIN3. The minimum absolute atomic E-state index is 0.266. The van der Waals surface area contributed by atoms with Gasteiger partial charge >= 0.3 is 0 Å². The topological polar surface area (TPSA) is 40.7 Å². The van der Waals surface area contributed by atoms with Crippen molar-refractivity contribution < 1.29 is 4.39 Å². The van der Waals surface area contributed by atoms with Crippen molar-refractivity contribution in [2.24, 2.45) is 0 Å². The number of aromatic nitrogens is 2. The van der Waals surface area contributed by atoms with Crippen LogP contribution in [0, 0.1) is 9.39 Å². The van der Waals surface area contributed by atoms with Crippen LogP contribution in [0.25, 0.3) is 0 Å². The first kappa shape index (κ1) is 9.45. The van der Waals surface area contributed by atoms with E-state index in [1.165, 1.54) is 6.07 Å². The summed E-state index contributed by atoms with van der Waals surface area (Å²) in [5.74, 6) is -0.266. The molecule has 0 bridgehead atoms. The summed E-state index contributed by atoms with van der Waals surface area (Å²) in [6, 6.07) is 5.01. The Morgan fingerprint density at radius 2 is 2.29 bits per heavy atom. The SMILES string of the molecule is Fc1cc(I)ccc1Nc1cn[nH]c1. The molecule has 0 aliphatic rings. The average molecular weight is 303 g/mol. The van der Waals surface area contributed by atoms with Gasteiger partial charge in [-0.3, -0.25) is 5.10 Å². The smallest absolute Gasteiger partial charge is 0.147 e. The van der Waals surface area contributed by atoms with E-state index in [2.05, 4.69) is 38.1 Å². The Morgan fingerprint density at radius 1 is 1.43 bits per heavy atom. The first-order valence-electron chi connectivity index (χ1n) is 3.96. The van der Waals surface area contributed by atoms with Crippen molar-refractivity contribution in [1.82, 2.24) is 10.2 Å². The van der Waals surface area contributed by atoms with Crippen molar-refractivity contribution >= 4 is 34.0 Å². The fourth-order valence-electron chi connectivity index (χ4n) is 1.07. The lowest BCUT2D eigenvalue weighted by molar-refractivity contribution is 0.631. The fraction of sp³-hybridized carbons (Fsp3) is 0. The molecule has 1 aromatic carbocycles. The Bertz CT molecular complexity index is 428. The number of hydrogen-bond acceptors (Lipinski definition) is 2. The molecular weight excluding hydrogens is 296 g/mol. The zero-order valence-corrected chi connectivity index (χ0v) is 9.25. The Morgan fingerprint density at radius 3 is 2.93 bits per heavy atom. The fourth-order valence-corrected chi connectivity index (χ4v) is 1.52. The van der Waals surface area contributed by atoms with Gasteiger partial charge in [-0.25, -0.2) is 4.39 Å². The van der Waals surface area contributed by atoms with Crippen molar-refractivity contribution in [2.75, 3.05) is 5.32 Å². The summed E-state index contributed by atoms with van der Waals surface area (Å²) in [6.45, 7) is 0. The molecule has 0 unspecified atom stereocenters. The van der Waals surface area contributed by atoms with Gasteiger partial charge in [0.1, 0.15) is 5.82 Å². The molecule has 0 fully saturated rings. The highest BCUT2D eigenvalue weighted by Crippen LogP contribution is 2.20. The number of hydrogen-bond donors (Lipinski definition) is 2. The van der Waals surface area contributed by atoms with Crippen LogP contribution in [-0.2, 0) is 0 Å². The molecule has 0 atom stereocenters. The molecule has 2 aromatic rings. The highest BCUT2D eigenvalue weighted by atomic mass is 127. The third-order valence-electron chi connectivity index (χ3n) is 1.71. The van der Waals surface area contributed by atoms with Crippen molar-refractivity contribution in [3.8, 4) is 0 Å². The second-order valence-corrected chi connectivity index (χ2v) is 3.98. The maximum absolute atomic E-state index is 13.3. The van der Waals surface area contributed by atoms with Gasteiger partial charge in [-0.1, -0.05) is 0 Å². The summed E-state index contributed by atoms with van der Waals surface area (Å²) < 4.78 is 14.2. The lowest BCUT2D eigenvalue weighted by atomic mass is 10.3. The number of halogens is 2. The van der Waals surface area contributed by atoms with E-state index in [4.69, 9.17) is 0 Å². The van der Waals surface area contributed by atoms with E-state index in [0.717, 1.165) is 9.26 Å². The zero-order valence-electron chi connectivity index (χ0n) is 7.09. The predicted molar refractivity (Wildman–Crippen MR) is 61.0 cm³/mol. The van der Waals surface area contributed by atoms with Crippen LogP contribution in [0.3, 0.4) is 0 Å². The molecule has 3 nitrogen and oxygen atoms in total. The van der Waals surface area contributed by atoms with Gasteiger partial charge in [-0.15, -0.1) is 0 Å². The standard InChI is InChI=1S/C9H7FIN3/c10-8-3-6(11)1-2-9(8)14-7-4-12-13-5-7/h1-5,14H,(H,12,13). The van der Waals surface area contributed by atoms with Crippen LogP contribution in [0.15, 0.2) is 30.6 Å². The van der Waals surface area contributed by atoms with E-state index < -0.39 is 0 Å². The van der Waals surface area contributed by atoms with Gasteiger partial charge in [0.05, 0.1) is 17.6 Å². The minimum Gasteiger partial charge on any atom is -0.351 e. The third kappa shape index (κ3) is 2.03.